The van der Waals surface area contributed by atoms with E-state index in [1.807, 2.05) is 24.3 Å². The van der Waals surface area contributed by atoms with E-state index in [2.05, 4.69) is 31.9 Å². The molecule has 0 saturated carbocycles. The lowest BCUT2D eigenvalue weighted by atomic mass is 10.1. The Hall–Kier alpha value is -2.82. The third-order valence-corrected chi connectivity index (χ3v) is 7.24. The quantitative estimate of drug-likeness (QED) is 0.556. The number of nitrogen functional groups attached to an aromatic ring is 2. The Morgan fingerprint density at radius 1 is 0.969 bits per heavy atom. The maximum absolute atomic E-state index is 6.00. The molecule has 2 aliphatic heterocycles. The van der Waals surface area contributed by atoms with E-state index < -0.39 is 0 Å². The van der Waals surface area contributed by atoms with Crippen LogP contribution in [0.4, 0.5) is 11.8 Å². The minimum Gasteiger partial charge on any atom is -0.454 e. The van der Waals surface area contributed by atoms with Gasteiger partial charge >= 0.3 is 0 Å². The van der Waals surface area contributed by atoms with Crippen LogP contribution < -0.4 is 20.9 Å². The first-order chi connectivity index (χ1) is 15.5. The van der Waals surface area contributed by atoms with Crippen LogP contribution in [0.3, 0.4) is 0 Å². The van der Waals surface area contributed by atoms with Crippen LogP contribution in [0.25, 0.3) is 10.9 Å². The van der Waals surface area contributed by atoms with Crippen LogP contribution in [0, 0.1) is 0 Å². The molecule has 32 heavy (non-hydrogen) atoms. The second-order valence-corrected chi connectivity index (χ2v) is 9.43. The Labute approximate surface area is 195 Å². The Morgan fingerprint density at radius 2 is 1.75 bits per heavy atom. The van der Waals surface area contributed by atoms with Crippen LogP contribution >= 0.6 is 24.0 Å². The molecular formula is C22H24N6O2S2. The number of nitrogens with two attached hydrogens (primary N) is 2. The van der Waals surface area contributed by atoms with Crippen molar-refractivity contribution in [1.29, 1.82) is 0 Å². The lowest BCUT2D eigenvalue weighted by Gasteiger charge is -2.36. The predicted molar refractivity (Wildman–Crippen MR) is 132 cm³/mol. The van der Waals surface area contributed by atoms with E-state index in [4.69, 9.17) is 33.2 Å². The highest BCUT2D eigenvalue weighted by molar-refractivity contribution is 8.22. The molecule has 4 N–H and O–H groups in total. The molecule has 3 aromatic rings. The first kappa shape index (κ1) is 21.0. The zero-order valence-corrected chi connectivity index (χ0v) is 19.1. The molecule has 0 atom stereocenters. The number of rotatable bonds is 4. The number of thiocarbonyl (C=S) groups is 1. The van der Waals surface area contributed by atoms with Gasteiger partial charge in [-0.05, 0) is 35.4 Å². The molecule has 10 heteroatoms. The van der Waals surface area contributed by atoms with Gasteiger partial charge in [-0.1, -0.05) is 36.1 Å². The van der Waals surface area contributed by atoms with E-state index >= 15 is 0 Å². The summed E-state index contributed by atoms with van der Waals surface area (Å²) in [6.07, 6.45) is 0. The number of hydrogen-bond acceptors (Lipinski definition) is 9. The summed E-state index contributed by atoms with van der Waals surface area (Å²) in [6.45, 7) is 5.00. The Kier molecular flexibility index (Phi) is 5.90. The maximum Gasteiger partial charge on any atom is 0.231 e. The molecule has 2 aromatic carbocycles. The summed E-state index contributed by atoms with van der Waals surface area (Å²) in [7, 11) is 0. The number of piperazine rings is 1. The van der Waals surface area contributed by atoms with Crippen molar-refractivity contribution in [1.82, 2.24) is 19.8 Å². The Morgan fingerprint density at radius 3 is 2.59 bits per heavy atom. The SMILES string of the molecule is Nc1nc(N)c2cc(CSC(=S)N3CCN(Cc4ccc5c(c4)OCO5)CC3)ccc2n1. The smallest absolute Gasteiger partial charge is 0.231 e. The molecule has 0 spiro atoms. The van der Waals surface area contributed by atoms with Gasteiger partial charge in [0.05, 0.1) is 5.52 Å². The van der Waals surface area contributed by atoms with Crippen molar-refractivity contribution in [3.63, 3.8) is 0 Å². The number of nitrogens with zero attached hydrogens (tertiary/aromatic N) is 4. The average molecular weight is 469 g/mol. The summed E-state index contributed by atoms with van der Waals surface area (Å²) >= 11 is 7.38. The molecule has 8 nitrogen and oxygen atoms in total. The van der Waals surface area contributed by atoms with Gasteiger partial charge < -0.3 is 25.8 Å². The standard InChI is InChI=1S/C22H24N6O2S2/c23-20-16-9-15(1-3-17(16)25-21(24)26-20)12-32-22(31)28-7-5-27(6-8-28)11-14-2-4-18-19(10-14)30-13-29-18/h1-4,9-10H,5-8,11-13H2,(H4,23,24,25,26). The average Bonchev–Trinajstić information content (AvgIpc) is 3.26. The van der Waals surface area contributed by atoms with Crippen LogP contribution in [0.2, 0.25) is 0 Å². The number of thioether (sulfide) groups is 1. The Bertz CT molecular complexity index is 1170. The van der Waals surface area contributed by atoms with Gasteiger partial charge in [0, 0.05) is 43.9 Å². The van der Waals surface area contributed by atoms with Gasteiger partial charge in [-0.25, -0.2) is 4.98 Å². The fourth-order valence-electron chi connectivity index (χ4n) is 3.93. The molecule has 3 heterocycles. The van der Waals surface area contributed by atoms with Gasteiger partial charge in [-0.15, -0.1) is 0 Å². The largest absolute Gasteiger partial charge is 0.454 e. The van der Waals surface area contributed by atoms with Crippen LogP contribution in [-0.4, -0.2) is 57.1 Å². The molecule has 0 radical (unpaired) electrons. The highest BCUT2D eigenvalue weighted by Gasteiger charge is 2.20. The van der Waals surface area contributed by atoms with E-state index in [0.717, 1.165) is 70.8 Å². The van der Waals surface area contributed by atoms with E-state index in [1.54, 1.807) is 11.8 Å². The fraction of sp³-hybridized carbons (Fsp3) is 0.318. The van der Waals surface area contributed by atoms with Crippen molar-refractivity contribution < 1.29 is 9.47 Å². The first-order valence-electron chi connectivity index (χ1n) is 10.4. The fourth-order valence-corrected chi connectivity index (χ4v) is 5.12. The minimum absolute atomic E-state index is 0.191. The third-order valence-electron chi connectivity index (χ3n) is 5.64. The van der Waals surface area contributed by atoms with E-state index in [9.17, 15) is 0 Å². The number of benzene rings is 2. The second kappa shape index (κ2) is 8.97. The molecule has 2 aliphatic rings. The van der Waals surface area contributed by atoms with Crippen molar-refractivity contribution >= 4 is 51.0 Å². The lowest BCUT2D eigenvalue weighted by Crippen LogP contribution is -2.47. The summed E-state index contributed by atoms with van der Waals surface area (Å²) < 4.78 is 11.8. The van der Waals surface area contributed by atoms with E-state index in [1.165, 1.54) is 5.56 Å². The van der Waals surface area contributed by atoms with Crippen molar-refractivity contribution in [3.05, 3.63) is 47.5 Å². The highest BCUT2D eigenvalue weighted by atomic mass is 32.2. The molecule has 1 fully saturated rings. The third kappa shape index (κ3) is 4.52. The minimum atomic E-state index is 0.191. The predicted octanol–water partition coefficient (Wildman–Crippen LogP) is 2.86. The normalized spacial score (nSPS) is 15.9. The summed E-state index contributed by atoms with van der Waals surface area (Å²) in [4.78, 5) is 13.0. The molecule has 0 aliphatic carbocycles. The number of hydrogen-bond donors (Lipinski definition) is 2. The summed E-state index contributed by atoms with van der Waals surface area (Å²) in [5.74, 6) is 3.03. The molecule has 5 rings (SSSR count). The summed E-state index contributed by atoms with van der Waals surface area (Å²) in [5, 5.41) is 0.820. The highest BCUT2D eigenvalue weighted by Crippen LogP contribution is 2.33. The van der Waals surface area contributed by atoms with Crippen LogP contribution in [-0.2, 0) is 12.3 Å². The summed E-state index contributed by atoms with van der Waals surface area (Å²) in [5.41, 5.74) is 14.8. The zero-order chi connectivity index (χ0) is 22.1. The summed E-state index contributed by atoms with van der Waals surface area (Å²) in [6, 6.07) is 12.1. The van der Waals surface area contributed by atoms with Gasteiger partial charge in [0.25, 0.3) is 0 Å². The van der Waals surface area contributed by atoms with Crippen molar-refractivity contribution in [2.75, 3.05) is 44.4 Å². The number of fused-ring (bicyclic) bond motifs is 2. The number of aromatic nitrogens is 2. The monoisotopic (exact) mass is 468 g/mol. The molecule has 0 unspecified atom stereocenters. The first-order valence-corrected chi connectivity index (χ1v) is 11.8. The van der Waals surface area contributed by atoms with Crippen LogP contribution in [0.15, 0.2) is 36.4 Å². The van der Waals surface area contributed by atoms with Crippen LogP contribution in [0.1, 0.15) is 11.1 Å². The maximum atomic E-state index is 6.00. The van der Waals surface area contributed by atoms with Crippen molar-refractivity contribution in [3.8, 4) is 11.5 Å². The molecular weight excluding hydrogens is 444 g/mol. The number of anilines is 2. The van der Waals surface area contributed by atoms with Crippen molar-refractivity contribution in [2.45, 2.75) is 12.3 Å². The van der Waals surface area contributed by atoms with Gasteiger partial charge in [-0.2, -0.15) is 4.98 Å². The topological polar surface area (TPSA) is 103 Å². The molecule has 1 saturated heterocycles. The molecule has 166 valence electrons. The zero-order valence-electron chi connectivity index (χ0n) is 17.5. The molecule has 0 amide bonds. The second-order valence-electron chi connectivity index (χ2n) is 7.82. The molecule has 0 bridgehead atoms. The lowest BCUT2D eigenvalue weighted by molar-refractivity contribution is 0.173. The van der Waals surface area contributed by atoms with E-state index in [0.29, 0.717) is 12.6 Å². The van der Waals surface area contributed by atoms with Gasteiger partial charge in [0.1, 0.15) is 10.1 Å². The molecule has 1 aromatic heterocycles. The van der Waals surface area contributed by atoms with Crippen LogP contribution in [0.5, 0.6) is 11.5 Å². The van der Waals surface area contributed by atoms with E-state index in [-0.39, 0.29) is 5.95 Å². The Balaban J connectivity index is 1.13. The van der Waals surface area contributed by atoms with Gasteiger partial charge in [0.2, 0.25) is 12.7 Å². The van der Waals surface area contributed by atoms with Gasteiger partial charge in [-0.3, -0.25) is 4.90 Å². The van der Waals surface area contributed by atoms with Gasteiger partial charge in [0.15, 0.2) is 11.5 Å². The number of ether oxygens (including phenoxy) is 2. The van der Waals surface area contributed by atoms with Crippen molar-refractivity contribution in [2.24, 2.45) is 0 Å².